The van der Waals surface area contributed by atoms with Crippen molar-refractivity contribution in [3.8, 4) is 0 Å². The fraction of sp³-hybridized carbons (Fsp3) is 0.462. The highest BCUT2D eigenvalue weighted by atomic mass is 35.5. The maximum Gasteiger partial charge on any atom is 0.229 e. The van der Waals surface area contributed by atoms with Gasteiger partial charge in [0.15, 0.2) is 0 Å². The van der Waals surface area contributed by atoms with Crippen molar-refractivity contribution in [1.29, 1.82) is 0 Å². The minimum Gasteiger partial charge on any atom is -0.330 e. The van der Waals surface area contributed by atoms with Crippen molar-refractivity contribution >= 4 is 38.9 Å². The van der Waals surface area contributed by atoms with Gasteiger partial charge in [-0.05, 0) is 24.6 Å². The summed E-state index contributed by atoms with van der Waals surface area (Å²) in [6, 6.07) is 4.51. The number of sulfonamides is 1. The second-order valence-electron chi connectivity index (χ2n) is 4.78. The molecule has 8 heteroatoms. The molecule has 0 aliphatic heterocycles. The maximum absolute atomic E-state index is 12.1. The summed E-state index contributed by atoms with van der Waals surface area (Å²) >= 11 is 6.01. The van der Waals surface area contributed by atoms with E-state index in [1.54, 1.807) is 0 Å². The Bertz CT molecular complexity index is 605. The lowest BCUT2D eigenvalue weighted by Crippen LogP contribution is -2.29. The summed E-state index contributed by atoms with van der Waals surface area (Å²) in [5, 5.41) is 3.01. The summed E-state index contributed by atoms with van der Waals surface area (Å²) in [4.78, 5) is 12.1. The Morgan fingerprint density at radius 2 is 2.10 bits per heavy atom. The van der Waals surface area contributed by atoms with Gasteiger partial charge in [-0.3, -0.25) is 9.52 Å². The molecule has 0 bridgehead atoms. The average Bonchev–Trinajstić information content (AvgIpc) is 2.38. The van der Waals surface area contributed by atoms with Crippen LogP contribution in [-0.4, -0.2) is 27.1 Å². The quantitative estimate of drug-likeness (QED) is 0.710. The molecule has 1 unspecified atom stereocenters. The lowest BCUT2D eigenvalue weighted by Gasteiger charge is -2.15. The molecule has 0 heterocycles. The number of nitrogens with one attached hydrogen (secondary N) is 2. The van der Waals surface area contributed by atoms with Crippen LogP contribution in [0.3, 0.4) is 0 Å². The third kappa shape index (κ3) is 5.91. The Morgan fingerprint density at radius 1 is 1.43 bits per heavy atom. The van der Waals surface area contributed by atoms with Crippen LogP contribution in [0.4, 0.5) is 11.4 Å². The van der Waals surface area contributed by atoms with Gasteiger partial charge in [-0.1, -0.05) is 24.9 Å². The fourth-order valence-corrected chi connectivity index (χ4v) is 2.56. The Kier molecular flexibility index (Phi) is 6.44. The van der Waals surface area contributed by atoms with Gasteiger partial charge in [-0.15, -0.1) is 0 Å². The van der Waals surface area contributed by atoms with Gasteiger partial charge in [0.05, 0.1) is 28.6 Å². The number of rotatable bonds is 7. The largest absolute Gasteiger partial charge is 0.330 e. The molecule has 0 saturated carbocycles. The highest BCUT2D eigenvalue weighted by Crippen LogP contribution is 2.26. The van der Waals surface area contributed by atoms with Crippen molar-refractivity contribution < 1.29 is 13.2 Å². The van der Waals surface area contributed by atoms with Crippen LogP contribution in [0.5, 0.6) is 0 Å². The van der Waals surface area contributed by atoms with Crippen LogP contribution < -0.4 is 15.8 Å². The van der Waals surface area contributed by atoms with E-state index in [9.17, 15) is 13.2 Å². The molecule has 0 aromatic heterocycles. The Balaban J connectivity index is 2.92. The van der Waals surface area contributed by atoms with Crippen molar-refractivity contribution in [2.45, 2.75) is 19.8 Å². The molecule has 1 amide bonds. The van der Waals surface area contributed by atoms with Crippen molar-refractivity contribution in [2.75, 3.05) is 22.8 Å². The van der Waals surface area contributed by atoms with Crippen LogP contribution >= 0.6 is 11.6 Å². The van der Waals surface area contributed by atoms with Crippen LogP contribution in [0.25, 0.3) is 0 Å². The molecule has 0 saturated heterocycles. The van der Waals surface area contributed by atoms with Gasteiger partial charge in [0.2, 0.25) is 15.9 Å². The van der Waals surface area contributed by atoms with Crippen molar-refractivity contribution in [1.82, 2.24) is 0 Å². The molecule has 1 aromatic carbocycles. The topological polar surface area (TPSA) is 101 Å². The van der Waals surface area contributed by atoms with Crippen LogP contribution in [0.1, 0.15) is 19.8 Å². The predicted octanol–water partition coefficient (Wildman–Crippen LogP) is 2.02. The molecule has 6 nitrogen and oxygen atoms in total. The van der Waals surface area contributed by atoms with E-state index < -0.39 is 10.0 Å². The standard InChI is InChI=1S/C13H20ClN3O3S/c1-3-4-9(8-15)13(18)16-12-7-10(5-6-11(12)14)17-21(2,19)20/h5-7,9,17H,3-4,8,15H2,1-2H3,(H,16,18). The minimum absolute atomic E-state index is 0.224. The Morgan fingerprint density at radius 3 is 2.62 bits per heavy atom. The maximum atomic E-state index is 12.1. The molecule has 0 spiro atoms. The number of hydrogen-bond acceptors (Lipinski definition) is 4. The molecule has 0 aliphatic rings. The summed E-state index contributed by atoms with van der Waals surface area (Å²) in [6.07, 6.45) is 2.57. The number of halogens is 1. The highest BCUT2D eigenvalue weighted by molar-refractivity contribution is 7.92. The first-order valence-electron chi connectivity index (χ1n) is 6.55. The predicted molar refractivity (Wildman–Crippen MR) is 86.0 cm³/mol. The molecular weight excluding hydrogens is 314 g/mol. The van der Waals surface area contributed by atoms with E-state index in [1.807, 2.05) is 6.92 Å². The number of nitrogens with two attached hydrogens (primary N) is 1. The third-order valence-corrected chi connectivity index (χ3v) is 3.76. The molecule has 0 fully saturated rings. The lowest BCUT2D eigenvalue weighted by atomic mass is 10.0. The van der Waals surface area contributed by atoms with Crippen molar-refractivity contribution in [3.05, 3.63) is 23.2 Å². The van der Waals surface area contributed by atoms with Crippen LogP contribution in [0.2, 0.25) is 5.02 Å². The number of carbonyl (C=O) groups is 1. The van der Waals surface area contributed by atoms with Gasteiger partial charge < -0.3 is 11.1 Å². The minimum atomic E-state index is -3.39. The summed E-state index contributed by atoms with van der Waals surface area (Å²) in [7, 11) is -3.39. The number of anilines is 2. The molecule has 1 atom stereocenters. The monoisotopic (exact) mass is 333 g/mol. The van der Waals surface area contributed by atoms with Crippen molar-refractivity contribution in [2.24, 2.45) is 11.7 Å². The number of hydrogen-bond donors (Lipinski definition) is 3. The molecule has 0 aliphatic carbocycles. The second kappa shape index (κ2) is 7.63. The number of carbonyl (C=O) groups excluding carboxylic acids is 1. The zero-order chi connectivity index (χ0) is 16.0. The van der Waals surface area contributed by atoms with Gasteiger partial charge >= 0.3 is 0 Å². The van der Waals surface area contributed by atoms with Gasteiger partial charge in [0, 0.05) is 6.54 Å². The summed E-state index contributed by atoms with van der Waals surface area (Å²) in [5.41, 5.74) is 6.26. The van der Waals surface area contributed by atoms with Gasteiger partial charge in [-0.25, -0.2) is 8.42 Å². The molecular formula is C13H20ClN3O3S. The van der Waals surface area contributed by atoms with Crippen LogP contribution in [0.15, 0.2) is 18.2 Å². The van der Waals surface area contributed by atoms with E-state index in [-0.39, 0.29) is 18.4 Å². The van der Waals surface area contributed by atoms with Gasteiger partial charge in [0.1, 0.15) is 0 Å². The van der Waals surface area contributed by atoms with Crippen molar-refractivity contribution in [3.63, 3.8) is 0 Å². The smallest absolute Gasteiger partial charge is 0.229 e. The normalized spacial score (nSPS) is 12.8. The first-order valence-corrected chi connectivity index (χ1v) is 8.82. The summed E-state index contributed by atoms with van der Waals surface area (Å²) in [5.74, 6) is -0.518. The highest BCUT2D eigenvalue weighted by Gasteiger charge is 2.17. The van der Waals surface area contributed by atoms with E-state index in [0.29, 0.717) is 22.8 Å². The SMILES string of the molecule is CCCC(CN)C(=O)Nc1cc(NS(C)(=O)=O)ccc1Cl. The second-order valence-corrected chi connectivity index (χ2v) is 6.94. The molecule has 1 rings (SSSR count). The fourth-order valence-electron chi connectivity index (χ4n) is 1.84. The molecule has 4 N–H and O–H groups in total. The van der Waals surface area contributed by atoms with E-state index in [4.69, 9.17) is 17.3 Å². The van der Waals surface area contributed by atoms with E-state index in [1.165, 1.54) is 18.2 Å². The lowest BCUT2D eigenvalue weighted by molar-refractivity contribution is -0.119. The zero-order valence-corrected chi connectivity index (χ0v) is 13.6. The summed E-state index contributed by atoms with van der Waals surface area (Å²) < 4.78 is 24.7. The molecule has 0 radical (unpaired) electrons. The molecule has 118 valence electrons. The zero-order valence-electron chi connectivity index (χ0n) is 12.0. The summed E-state index contributed by atoms with van der Waals surface area (Å²) in [6.45, 7) is 2.22. The Labute approximate surface area is 130 Å². The first kappa shape index (κ1) is 17.7. The average molecular weight is 334 g/mol. The molecule has 21 heavy (non-hydrogen) atoms. The Hall–Kier alpha value is -1.31. The first-order chi connectivity index (χ1) is 9.76. The number of amides is 1. The van der Waals surface area contributed by atoms with E-state index >= 15 is 0 Å². The van der Waals surface area contributed by atoms with Crippen LogP contribution in [-0.2, 0) is 14.8 Å². The third-order valence-electron chi connectivity index (χ3n) is 2.82. The number of benzene rings is 1. The van der Waals surface area contributed by atoms with Crippen LogP contribution in [0, 0.1) is 5.92 Å². The van der Waals surface area contributed by atoms with E-state index in [0.717, 1.165) is 12.7 Å². The van der Waals surface area contributed by atoms with Gasteiger partial charge in [-0.2, -0.15) is 0 Å². The van der Waals surface area contributed by atoms with Gasteiger partial charge in [0.25, 0.3) is 0 Å². The van der Waals surface area contributed by atoms with E-state index in [2.05, 4.69) is 10.0 Å². The molecule has 1 aromatic rings.